The number of methoxy groups -OCH3 is 2. The standard InChI is InChI=1S/C21H28N2O4S/c1-25-19-7-5-16(14-20(19)26-2)18(23-9-11-27-12-10-23)15-22-21(24)8-6-17-4-3-13-28-17/h3-5,7,13-14,18H,6,8-12,15H2,1-2H3,(H,22,24). The molecule has 2 heterocycles. The summed E-state index contributed by atoms with van der Waals surface area (Å²) in [6.45, 7) is 3.64. The predicted molar refractivity (Wildman–Crippen MR) is 110 cm³/mol. The van der Waals surface area contributed by atoms with Crippen LogP contribution in [-0.4, -0.2) is 57.9 Å². The van der Waals surface area contributed by atoms with E-state index in [-0.39, 0.29) is 11.9 Å². The summed E-state index contributed by atoms with van der Waals surface area (Å²) in [4.78, 5) is 16.0. The molecule has 1 unspecified atom stereocenters. The monoisotopic (exact) mass is 404 g/mol. The van der Waals surface area contributed by atoms with Crippen molar-refractivity contribution >= 4 is 17.2 Å². The minimum absolute atomic E-state index is 0.0643. The second kappa shape index (κ2) is 10.5. The fourth-order valence-electron chi connectivity index (χ4n) is 3.40. The van der Waals surface area contributed by atoms with E-state index in [4.69, 9.17) is 14.2 Å². The number of nitrogens with one attached hydrogen (secondary N) is 1. The molecule has 7 heteroatoms. The van der Waals surface area contributed by atoms with Gasteiger partial charge < -0.3 is 19.5 Å². The van der Waals surface area contributed by atoms with Crippen LogP contribution in [0, 0.1) is 0 Å². The molecule has 152 valence electrons. The van der Waals surface area contributed by atoms with Crippen LogP contribution in [0.4, 0.5) is 0 Å². The molecule has 1 aromatic heterocycles. The third-order valence-corrected chi connectivity index (χ3v) is 5.89. The van der Waals surface area contributed by atoms with Gasteiger partial charge in [-0.2, -0.15) is 0 Å². The summed E-state index contributed by atoms with van der Waals surface area (Å²) in [5.41, 5.74) is 1.10. The molecule has 0 saturated carbocycles. The Hall–Kier alpha value is -2.09. The Morgan fingerprint density at radius 2 is 2.00 bits per heavy atom. The molecule has 1 aliphatic heterocycles. The number of hydrogen-bond donors (Lipinski definition) is 1. The first kappa shape index (κ1) is 20.6. The van der Waals surface area contributed by atoms with Gasteiger partial charge in [0, 0.05) is 30.9 Å². The smallest absolute Gasteiger partial charge is 0.220 e. The highest BCUT2D eigenvalue weighted by Gasteiger charge is 2.24. The van der Waals surface area contributed by atoms with Crippen LogP contribution < -0.4 is 14.8 Å². The largest absolute Gasteiger partial charge is 0.493 e. The van der Waals surface area contributed by atoms with Crippen LogP contribution in [0.15, 0.2) is 35.7 Å². The van der Waals surface area contributed by atoms with Gasteiger partial charge in [-0.3, -0.25) is 9.69 Å². The van der Waals surface area contributed by atoms with Gasteiger partial charge in [0.2, 0.25) is 5.91 Å². The summed E-state index contributed by atoms with van der Waals surface area (Å²) in [6, 6.07) is 10.1. The Bertz CT molecular complexity index is 745. The molecule has 0 bridgehead atoms. The number of aryl methyl sites for hydroxylation is 1. The van der Waals surface area contributed by atoms with Gasteiger partial charge in [-0.15, -0.1) is 11.3 Å². The molecule has 1 aliphatic rings. The molecule has 1 aromatic carbocycles. The Kier molecular flexibility index (Phi) is 7.71. The lowest BCUT2D eigenvalue weighted by Gasteiger charge is -2.35. The lowest BCUT2D eigenvalue weighted by atomic mass is 10.0. The van der Waals surface area contributed by atoms with Crippen molar-refractivity contribution in [2.24, 2.45) is 0 Å². The van der Waals surface area contributed by atoms with Crippen molar-refractivity contribution in [2.45, 2.75) is 18.9 Å². The van der Waals surface area contributed by atoms with Crippen LogP contribution in [-0.2, 0) is 16.0 Å². The SMILES string of the molecule is COc1ccc(C(CNC(=O)CCc2cccs2)N2CCOCC2)cc1OC. The molecule has 3 rings (SSSR count). The Balaban J connectivity index is 1.67. The summed E-state index contributed by atoms with van der Waals surface area (Å²) in [7, 11) is 3.27. The van der Waals surface area contributed by atoms with Crippen molar-refractivity contribution in [3.63, 3.8) is 0 Å². The molecule has 28 heavy (non-hydrogen) atoms. The highest BCUT2D eigenvalue weighted by atomic mass is 32.1. The molecule has 1 saturated heterocycles. The van der Waals surface area contributed by atoms with Crippen molar-refractivity contribution in [3.05, 3.63) is 46.2 Å². The van der Waals surface area contributed by atoms with E-state index in [2.05, 4.69) is 16.3 Å². The molecule has 1 atom stereocenters. The summed E-state index contributed by atoms with van der Waals surface area (Å²) in [5.74, 6) is 1.47. The Morgan fingerprint density at radius 1 is 1.21 bits per heavy atom. The molecule has 2 aromatic rings. The lowest BCUT2D eigenvalue weighted by Crippen LogP contribution is -2.43. The van der Waals surface area contributed by atoms with Crippen molar-refractivity contribution in [3.8, 4) is 11.5 Å². The third-order valence-electron chi connectivity index (χ3n) is 4.95. The molecule has 1 amide bonds. The van der Waals surface area contributed by atoms with E-state index in [1.165, 1.54) is 4.88 Å². The van der Waals surface area contributed by atoms with Gasteiger partial charge in [0.25, 0.3) is 0 Å². The van der Waals surface area contributed by atoms with Gasteiger partial charge in [0.15, 0.2) is 11.5 Å². The summed E-state index contributed by atoms with van der Waals surface area (Å²) >= 11 is 1.69. The van der Waals surface area contributed by atoms with Gasteiger partial charge in [-0.1, -0.05) is 12.1 Å². The van der Waals surface area contributed by atoms with Gasteiger partial charge in [-0.25, -0.2) is 0 Å². The van der Waals surface area contributed by atoms with Crippen molar-refractivity contribution in [2.75, 3.05) is 47.1 Å². The summed E-state index contributed by atoms with van der Waals surface area (Å²) in [6.07, 6.45) is 1.28. The zero-order chi connectivity index (χ0) is 19.8. The van der Waals surface area contributed by atoms with Gasteiger partial charge in [0.1, 0.15) is 0 Å². The fourth-order valence-corrected chi connectivity index (χ4v) is 4.11. The Morgan fingerprint density at radius 3 is 2.68 bits per heavy atom. The number of benzene rings is 1. The van der Waals surface area contributed by atoms with E-state index in [0.717, 1.165) is 25.1 Å². The van der Waals surface area contributed by atoms with E-state index >= 15 is 0 Å². The second-order valence-corrected chi connectivity index (χ2v) is 7.69. The molecular weight excluding hydrogens is 376 g/mol. The van der Waals surface area contributed by atoms with Gasteiger partial charge in [0.05, 0.1) is 33.5 Å². The van der Waals surface area contributed by atoms with Crippen LogP contribution in [0.25, 0.3) is 0 Å². The Labute approximate surface area is 170 Å². The minimum atomic E-state index is 0.0643. The number of ether oxygens (including phenoxy) is 3. The lowest BCUT2D eigenvalue weighted by molar-refractivity contribution is -0.121. The molecular formula is C21H28N2O4S. The number of morpholine rings is 1. The van der Waals surface area contributed by atoms with Crippen LogP contribution in [0.5, 0.6) is 11.5 Å². The first-order chi connectivity index (χ1) is 13.7. The fraction of sp³-hybridized carbons (Fsp3) is 0.476. The van der Waals surface area contributed by atoms with Crippen molar-refractivity contribution in [1.29, 1.82) is 0 Å². The minimum Gasteiger partial charge on any atom is -0.493 e. The number of carbonyl (C=O) groups is 1. The topological polar surface area (TPSA) is 60.0 Å². The van der Waals surface area contributed by atoms with Crippen LogP contribution in [0.1, 0.15) is 22.9 Å². The molecule has 0 radical (unpaired) electrons. The van der Waals surface area contributed by atoms with Crippen LogP contribution in [0.3, 0.4) is 0 Å². The number of rotatable bonds is 9. The number of amides is 1. The maximum atomic E-state index is 12.4. The maximum absolute atomic E-state index is 12.4. The zero-order valence-corrected chi connectivity index (χ0v) is 17.3. The van der Waals surface area contributed by atoms with Gasteiger partial charge in [-0.05, 0) is 35.6 Å². The van der Waals surface area contributed by atoms with Gasteiger partial charge >= 0.3 is 0 Å². The van der Waals surface area contributed by atoms with Crippen LogP contribution >= 0.6 is 11.3 Å². The third kappa shape index (κ3) is 5.47. The number of thiophene rings is 1. The highest BCUT2D eigenvalue weighted by molar-refractivity contribution is 7.09. The normalized spacial score (nSPS) is 15.8. The average molecular weight is 405 g/mol. The summed E-state index contributed by atoms with van der Waals surface area (Å²) < 4.78 is 16.3. The molecule has 1 N–H and O–H groups in total. The van der Waals surface area contributed by atoms with Crippen molar-refractivity contribution in [1.82, 2.24) is 10.2 Å². The number of nitrogens with zero attached hydrogens (tertiary/aromatic N) is 1. The first-order valence-corrected chi connectivity index (χ1v) is 10.4. The van der Waals surface area contributed by atoms with E-state index in [1.807, 2.05) is 29.6 Å². The average Bonchev–Trinajstić information content (AvgIpc) is 3.26. The van der Waals surface area contributed by atoms with E-state index in [0.29, 0.717) is 37.7 Å². The second-order valence-electron chi connectivity index (χ2n) is 6.66. The highest BCUT2D eigenvalue weighted by Crippen LogP contribution is 2.32. The van der Waals surface area contributed by atoms with Crippen molar-refractivity contribution < 1.29 is 19.0 Å². The van der Waals surface area contributed by atoms with E-state index < -0.39 is 0 Å². The summed E-state index contributed by atoms with van der Waals surface area (Å²) in [5, 5.41) is 5.16. The van der Waals surface area contributed by atoms with Crippen LogP contribution in [0.2, 0.25) is 0 Å². The molecule has 0 aliphatic carbocycles. The van der Waals surface area contributed by atoms with E-state index in [9.17, 15) is 4.79 Å². The molecule has 1 fully saturated rings. The number of carbonyl (C=O) groups excluding carboxylic acids is 1. The molecule has 6 nitrogen and oxygen atoms in total. The number of hydrogen-bond acceptors (Lipinski definition) is 6. The zero-order valence-electron chi connectivity index (χ0n) is 16.5. The quantitative estimate of drug-likeness (QED) is 0.696. The predicted octanol–water partition coefficient (Wildman–Crippen LogP) is 2.89. The van der Waals surface area contributed by atoms with E-state index in [1.54, 1.807) is 25.6 Å². The maximum Gasteiger partial charge on any atom is 0.220 e. The first-order valence-electron chi connectivity index (χ1n) is 9.54. The molecule has 0 spiro atoms.